The Morgan fingerprint density at radius 1 is 1.19 bits per heavy atom. The molecule has 0 unspecified atom stereocenters. The highest BCUT2D eigenvalue weighted by Gasteiger charge is 2.21. The van der Waals surface area contributed by atoms with E-state index < -0.39 is 0 Å². The Kier molecular flexibility index (Phi) is 4.13. The molecule has 0 aliphatic heterocycles. The molecule has 1 saturated carbocycles. The van der Waals surface area contributed by atoms with Gasteiger partial charge in [0.1, 0.15) is 0 Å². The van der Waals surface area contributed by atoms with Gasteiger partial charge in [-0.05, 0) is 41.8 Å². The second-order valence-corrected chi connectivity index (χ2v) is 5.67. The molecule has 0 amide bonds. The van der Waals surface area contributed by atoms with E-state index in [-0.39, 0.29) is 11.7 Å². The second-order valence-electron chi connectivity index (χ2n) is 5.67. The molecule has 21 heavy (non-hydrogen) atoms. The van der Waals surface area contributed by atoms with Crippen molar-refractivity contribution in [2.75, 3.05) is 0 Å². The normalized spacial score (nSPS) is 15.7. The van der Waals surface area contributed by atoms with Crippen LogP contribution in [0.15, 0.2) is 23.0 Å². The van der Waals surface area contributed by atoms with E-state index in [1.54, 1.807) is 4.68 Å². The van der Waals surface area contributed by atoms with Gasteiger partial charge >= 0.3 is 5.69 Å². The van der Waals surface area contributed by atoms with Crippen LogP contribution < -0.4 is 5.69 Å². The van der Waals surface area contributed by atoms with Crippen molar-refractivity contribution >= 4 is 0 Å². The van der Waals surface area contributed by atoms with Crippen molar-refractivity contribution in [2.24, 2.45) is 0 Å². The highest BCUT2D eigenvalue weighted by atomic mass is 16.2. The fraction of sp³-hybridized carbons (Fsp3) is 0.600. The predicted molar refractivity (Wildman–Crippen MR) is 79.1 cm³/mol. The van der Waals surface area contributed by atoms with E-state index in [1.807, 2.05) is 18.2 Å². The molecule has 0 aromatic carbocycles. The highest BCUT2D eigenvalue weighted by Crippen LogP contribution is 2.27. The van der Waals surface area contributed by atoms with E-state index in [0.717, 1.165) is 37.1 Å². The SMILES string of the molecule is CCCc1cccc(Cn2nnn(C3CCCC3)c2=O)n1. The van der Waals surface area contributed by atoms with Crippen LogP contribution in [0.1, 0.15) is 56.5 Å². The molecule has 2 aromatic heterocycles. The lowest BCUT2D eigenvalue weighted by Crippen LogP contribution is -2.28. The average Bonchev–Trinajstić information content (AvgIpc) is 3.11. The van der Waals surface area contributed by atoms with Crippen LogP contribution in [0.3, 0.4) is 0 Å². The minimum Gasteiger partial charge on any atom is -0.256 e. The number of tetrazole rings is 1. The lowest BCUT2D eigenvalue weighted by Gasteiger charge is -2.05. The molecule has 0 bridgehead atoms. The van der Waals surface area contributed by atoms with Crippen LogP contribution in [0, 0.1) is 0 Å². The van der Waals surface area contributed by atoms with Gasteiger partial charge in [0.25, 0.3) is 0 Å². The summed E-state index contributed by atoms with van der Waals surface area (Å²) in [7, 11) is 0. The lowest BCUT2D eigenvalue weighted by atomic mass is 10.2. The summed E-state index contributed by atoms with van der Waals surface area (Å²) in [6.45, 7) is 2.52. The first-order valence-electron chi connectivity index (χ1n) is 7.75. The van der Waals surface area contributed by atoms with Gasteiger partial charge in [-0.15, -0.1) is 0 Å². The molecule has 0 spiro atoms. The molecule has 2 aromatic rings. The zero-order valence-corrected chi connectivity index (χ0v) is 12.4. The fourth-order valence-corrected chi connectivity index (χ4v) is 2.93. The quantitative estimate of drug-likeness (QED) is 0.843. The number of aryl methyl sites for hydroxylation is 1. The van der Waals surface area contributed by atoms with Gasteiger partial charge in [-0.3, -0.25) is 4.98 Å². The van der Waals surface area contributed by atoms with Gasteiger partial charge < -0.3 is 0 Å². The molecular formula is C15H21N5O. The third-order valence-corrected chi connectivity index (χ3v) is 4.01. The summed E-state index contributed by atoms with van der Waals surface area (Å²) in [5.41, 5.74) is 1.80. The minimum absolute atomic E-state index is 0.121. The molecule has 0 saturated heterocycles. The average molecular weight is 287 g/mol. The Labute approximate surface area is 123 Å². The number of rotatable bonds is 5. The van der Waals surface area contributed by atoms with Crippen LogP contribution in [-0.4, -0.2) is 24.8 Å². The Morgan fingerprint density at radius 2 is 1.95 bits per heavy atom. The molecule has 0 N–H and O–H groups in total. The van der Waals surface area contributed by atoms with Crippen LogP contribution in [0.25, 0.3) is 0 Å². The Bertz CT molecular complexity index is 654. The maximum atomic E-state index is 12.3. The topological polar surface area (TPSA) is 65.6 Å². The van der Waals surface area contributed by atoms with Gasteiger partial charge in [0.05, 0.1) is 18.3 Å². The van der Waals surface area contributed by atoms with Crippen molar-refractivity contribution in [3.05, 3.63) is 40.1 Å². The molecule has 1 aliphatic carbocycles. The van der Waals surface area contributed by atoms with Crippen molar-refractivity contribution in [2.45, 2.75) is 58.0 Å². The number of pyridine rings is 1. The van der Waals surface area contributed by atoms with Crippen molar-refractivity contribution < 1.29 is 0 Å². The highest BCUT2D eigenvalue weighted by molar-refractivity contribution is 5.11. The fourth-order valence-electron chi connectivity index (χ4n) is 2.93. The summed E-state index contributed by atoms with van der Waals surface area (Å²) in [4.78, 5) is 16.9. The molecule has 0 atom stereocenters. The molecule has 112 valence electrons. The van der Waals surface area contributed by atoms with Crippen LogP contribution >= 0.6 is 0 Å². The van der Waals surface area contributed by atoms with Crippen LogP contribution in [0.5, 0.6) is 0 Å². The van der Waals surface area contributed by atoms with E-state index in [9.17, 15) is 4.79 Å². The molecule has 2 heterocycles. The lowest BCUT2D eigenvalue weighted by molar-refractivity contribution is 0.441. The first kappa shape index (κ1) is 14.0. The zero-order valence-electron chi connectivity index (χ0n) is 12.4. The number of aromatic nitrogens is 5. The molecule has 1 fully saturated rings. The summed E-state index contributed by atoms with van der Waals surface area (Å²) in [6.07, 6.45) is 6.42. The van der Waals surface area contributed by atoms with Crippen molar-refractivity contribution in [1.82, 2.24) is 24.8 Å². The van der Waals surface area contributed by atoms with E-state index >= 15 is 0 Å². The van der Waals surface area contributed by atoms with Gasteiger partial charge in [0.15, 0.2) is 0 Å². The van der Waals surface area contributed by atoms with Crippen molar-refractivity contribution in [3.63, 3.8) is 0 Å². The monoisotopic (exact) mass is 287 g/mol. The maximum absolute atomic E-state index is 12.3. The van der Waals surface area contributed by atoms with Gasteiger partial charge in [-0.2, -0.15) is 9.36 Å². The molecule has 1 aliphatic rings. The Morgan fingerprint density at radius 3 is 2.71 bits per heavy atom. The number of nitrogens with zero attached hydrogens (tertiary/aromatic N) is 5. The van der Waals surface area contributed by atoms with Crippen LogP contribution in [-0.2, 0) is 13.0 Å². The van der Waals surface area contributed by atoms with E-state index in [4.69, 9.17) is 0 Å². The maximum Gasteiger partial charge on any atom is 0.364 e. The summed E-state index contributed by atoms with van der Waals surface area (Å²) >= 11 is 0. The van der Waals surface area contributed by atoms with E-state index in [0.29, 0.717) is 6.54 Å². The number of hydrogen-bond acceptors (Lipinski definition) is 4. The van der Waals surface area contributed by atoms with Crippen molar-refractivity contribution in [1.29, 1.82) is 0 Å². The van der Waals surface area contributed by atoms with E-state index in [1.165, 1.54) is 17.5 Å². The van der Waals surface area contributed by atoms with Crippen LogP contribution in [0.4, 0.5) is 0 Å². The Balaban J connectivity index is 1.79. The van der Waals surface area contributed by atoms with Gasteiger partial charge in [0, 0.05) is 5.69 Å². The predicted octanol–water partition coefficient (Wildman–Crippen LogP) is 1.95. The smallest absolute Gasteiger partial charge is 0.256 e. The Hall–Kier alpha value is -1.98. The molecule has 6 nitrogen and oxygen atoms in total. The summed E-state index contributed by atoms with van der Waals surface area (Å²) in [5, 5.41) is 8.05. The third-order valence-electron chi connectivity index (χ3n) is 4.01. The molecule has 6 heteroatoms. The van der Waals surface area contributed by atoms with Gasteiger partial charge in [0.2, 0.25) is 0 Å². The standard InChI is InChI=1S/C15H21N5O/c1-2-6-12-7-5-8-13(16-12)11-19-15(21)20(18-17-19)14-9-3-4-10-14/h5,7-8,14H,2-4,6,9-11H2,1H3. The zero-order chi connectivity index (χ0) is 14.7. The molecular weight excluding hydrogens is 266 g/mol. The van der Waals surface area contributed by atoms with Gasteiger partial charge in [-0.1, -0.05) is 32.3 Å². The summed E-state index contributed by atoms with van der Waals surface area (Å²) in [5.74, 6) is 0. The molecule has 0 radical (unpaired) electrons. The van der Waals surface area contributed by atoms with Gasteiger partial charge in [-0.25, -0.2) is 4.79 Å². The van der Waals surface area contributed by atoms with E-state index in [2.05, 4.69) is 22.3 Å². The third kappa shape index (κ3) is 3.04. The first-order valence-corrected chi connectivity index (χ1v) is 7.75. The largest absolute Gasteiger partial charge is 0.364 e. The van der Waals surface area contributed by atoms with Crippen molar-refractivity contribution in [3.8, 4) is 0 Å². The number of hydrogen-bond donors (Lipinski definition) is 0. The summed E-state index contributed by atoms with van der Waals surface area (Å²) in [6, 6.07) is 6.16. The second kappa shape index (κ2) is 6.20. The summed E-state index contributed by atoms with van der Waals surface area (Å²) < 4.78 is 2.96. The molecule has 3 rings (SSSR count). The minimum atomic E-state index is -0.121. The first-order chi connectivity index (χ1) is 10.3. The van der Waals surface area contributed by atoms with Crippen LogP contribution in [0.2, 0.25) is 0 Å².